The van der Waals surface area contributed by atoms with Crippen LogP contribution >= 0.6 is 23.2 Å². The first-order valence-electron chi connectivity index (χ1n) is 6.79. The second-order valence-electron chi connectivity index (χ2n) is 4.71. The van der Waals surface area contributed by atoms with Crippen LogP contribution in [-0.2, 0) is 10.0 Å². The van der Waals surface area contributed by atoms with Crippen LogP contribution in [0, 0.1) is 5.82 Å². The lowest BCUT2D eigenvalue weighted by Gasteiger charge is -2.09. The molecule has 2 aromatic carbocycles. The predicted octanol–water partition coefficient (Wildman–Crippen LogP) is 2.84. The van der Waals surface area contributed by atoms with Crippen molar-refractivity contribution in [2.24, 2.45) is 0 Å². The van der Waals surface area contributed by atoms with Crippen LogP contribution in [-0.4, -0.2) is 27.4 Å². The minimum absolute atomic E-state index is 0.0125. The van der Waals surface area contributed by atoms with Gasteiger partial charge in [-0.2, -0.15) is 0 Å². The van der Waals surface area contributed by atoms with Gasteiger partial charge in [0.15, 0.2) is 0 Å². The van der Waals surface area contributed by atoms with E-state index in [4.69, 9.17) is 23.2 Å². The second-order valence-corrected chi connectivity index (χ2v) is 7.32. The molecule has 0 aliphatic rings. The maximum absolute atomic E-state index is 13.6. The molecule has 2 N–H and O–H groups in total. The molecule has 5 nitrogen and oxygen atoms in total. The van der Waals surface area contributed by atoms with Crippen molar-refractivity contribution < 1.29 is 17.6 Å². The molecule has 0 atom stereocenters. The van der Waals surface area contributed by atoms with Crippen molar-refractivity contribution in [1.29, 1.82) is 0 Å². The van der Waals surface area contributed by atoms with Gasteiger partial charge in [0.25, 0.3) is 5.91 Å². The summed E-state index contributed by atoms with van der Waals surface area (Å²) in [4.78, 5) is 11.9. The van der Waals surface area contributed by atoms with Gasteiger partial charge in [0.2, 0.25) is 10.0 Å². The molecule has 0 aliphatic carbocycles. The SMILES string of the molecule is O=C(NCCNS(=O)(=O)c1cccc(Cl)c1)c1c(F)cccc1Cl. The van der Waals surface area contributed by atoms with Crippen LogP contribution < -0.4 is 10.0 Å². The van der Waals surface area contributed by atoms with Crippen LogP contribution in [0.3, 0.4) is 0 Å². The largest absolute Gasteiger partial charge is 0.351 e. The fraction of sp³-hybridized carbons (Fsp3) is 0.133. The van der Waals surface area contributed by atoms with Crippen LogP contribution in [0.15, 0.2) is 47.4 Å². The third-order valence-corrected chi connectivity index (χ3v) is 5.01. The van der Waals surface area contributed by atoms with Gasteiger partial charge in [0.05, 0.1) is 15.5 Å². The first-order valence-corrected chi connectivity index (χ1v) is 9.02. The molecule has 0 radical (unpaired) electrons. The third-order valence-electron chi connectivity index (χ3n) is 3.00. The number of carbonyl (C=O) groups is 1. The van der Waals surface area contributed by atoms with E-state index in [2.05, 4.69) is 10.0 Å². The van der Waals surface area contributed by atoms with E-state index in [0.717, 1.165) is 6.07 Å². The number of hydrogen-bond acceptors (Lipinski definition) is 3. The zero-order valence-corrected chi connectivity index (χ0v) is 14.6. The van der Waals surface area contributed by atoms with Gasteiger partial charge < -0.3 is 5.32 Å². The fourth-order valence-electron chi connectivity index (χ4n) is 1.88. The highest BCUT2D eigenvalue weighted by Crippen LogP contribution is 2.18. The maximum atomic E-state index is 13.6. The zero-order chi connectivity index (χ0) is 17.7. The van der Waals surface area contributed by atoms with Gasteiger partial charge in [-0.25, -0.2) is 17.5 Å². The molecule has 9 heteroatoms. The minimum Gasteiger partial charge on any atom is -0.351 e. The van der Waals surface area contributed by atoms with Crippen molar-refractivity contribution in [3.8, 4) is 0 Å². The fourth-order valence-corrected chi connectivity index (χ4v) is 3.46. The summed E-state index contributed by atoms with van der Waals surface area (Å²) in [5, 5.41) is 2.67. The van der Waals surface area contributed by atoms with E-state index < -0.39 is 21.7 Å². The number of halogens is 3. The van der Waals surface area contributed by atoms with Gasteiger partial charge in [-0.15, -0.1) is 0 Å². The molecular weight excluding hydrogens is 378 g/mol. The number of rotatable bonds is 6. The molecule has 0 unspecified atom stereocenters. The average molecular weight is 391 g/mol. The quantitative estimate of drug-likeness (QED) is 0.744. The van der Waals surface area contributed by atoms with Crippen molar-refractivity contribution in [3.05, 3.63) is 63.9 Å². The average Bonchev–Trinajstić information content (AvgIpc) is 2.51. The minimum atomic E-state index is -3.75. The molecule has 0 bridgehead atoms. The Kier molecular flexibility index (Phi) is 6.17. The summed E-state index contributed by atoms with van der Waals surface area (Å²) in [6.07, 6.45) is 0. The standard InChI is InChI=1S/C15H13Cl2FN2O3S/c16-10-3-1-4-11(9-10)24(22,23)20-8-7-19-15(21)14-12(17)5-2-6-13(14)18/h1-6,9,20H,7-8H2,(H,19,21). The molecule has 2 aromatic rings. The molecule has 0 saturated heterocycles. The molecular formula is C15H13Cl2FN2O3S. The topological polar surface area (TPSA) is 75.3 Å². The molecule has 0 fully saturated rings. The Morgan fingerprint density at radius 3 is 2.46 bits per heavy atom. The number of sulfonamides is 1. The molecule has 128 valence electrons. The zero-order valence-electron chi connectivity index (χ0n) is 12.2. The molecule has 0 aliphatic heterocycles. The normalized spacial score (nSPS) is 11.3. The van der Waals surface area contributed by atoms with Gasteiger partial charge in [0, 0.05) is 18.1 Å². The second kappa shape index (κ2) is 7.94. The highest BCUT2D eigenvalue weighted by atomic mass is 35.5. The Morgan fingerprint density at radius 1 is 1.08 bits per heavy atom. The van der Waals surface area contributed by atoms with Crippen molar-refractivity contribution in [3.63, 3.8) is 0 Å². The molecule has 24 heavy (non-hydrogen) atoms. The lowest BCUT2D eigenvalue weighted by atomic mass is 10.2. The van der Waals surface area contributed by atoms with Crippen LogP contribution in [0.2, 0.25) is 10.0 Å². The Morgan fingerprint density at radius 2 is 1.79 bits per heavy atom. The highest BCUT2D eigenvalue weighted by Gasteiger charge is 2.16. The van der Waals surface area contributed by atoms with E-state index >= 15 is 0 Å². The summed E-state index contributed by atoms with van der Waals surface area (Å²) in [6, 6.07) is 9.66. The van der Waals surface area contributed by atoms with E-state index in [9.17, 15) is 17.6 Å². The van der Waals surface area contributed by atoms with Crippen molar-refractivity contribution in [1.82, 2.24) is 10.0 Å². The van der Waals surface area contributed by atoms with Gasteiger partial charge in [-0.3, -0.25) is 4.79 Å². The maximum Gasteiger partial charge on any atom is 0.255 e. The van der Waals surface area contributed by atoms with Crippen LogP contribution in [0.1, 0.15) is 10.4 Å². The Bertz CT molecular complexity index is 839. The monoisotopic (exact) mass is 390 g/mol. The van der Waals surface area contributed by atoms with Gasteiger partial charge in [0.1, 0.15) is 5.82 Å². The first kappa shape index (κ1) is 18.7. The van der Waals surface area contributed by atoms with Gasteiger partial charge >= 0.3 is 0 Å². The smallest absolute Gasteiger partial charge is 0.255 e. The lowest BCUT2D eigenvalue weighted by Crippen LogP contribution is -2.35. The van der Waals surface area contributed by atoms with Crippen LogP contribution in [0.4, 0.5) is 4.39 Å². The van der Waals surface area contributed by atoms with Gasteiger partial charge in [-0.05, 0) is 30.3 Å². The van der Waals surface area contributed by atoms with Crippen molar-refractivity contribution in [2.75, 3.05) is 13.1 Å². The van der Waals surface area contributed by atoms with Crippen LogP contribution in [0.5, 0.6) is 0 Å². The van der Waals surface area contributed by atoms with E-state index in [1.165, 1.54) is 30.3 Å². The van der Waals surface area contributed by atoms with Crippen molar-refractivity contribution in [2.45, 2.75) is 4.90 Å². The van der Waals surface area contributed by atoms with Gasteiger partial charge in [-0.1, -0.05) is 35.3 Å². The van der Waals surface area contributed by atoms with E-state index in [-0.39, 0.29) is 28.6 Å². The molecule has 0 saturated carbocycles. The van der Waals surface area contributed by atoms with Crippen LogP contribution in [0.25, 0.3) is 0 Å². The summed E-state index contributed by atoms with van der Waals surface area (Å²) >= 11 is 11.5. The lowest BCUT2D eigenvalue weighted by molar-refractivity contribution is 0.0950. The summed E-state index contributed by atoms with van der Waals surface area (Å²) in [5.41, 5.74) is -0.281. The number of carbonyl (C=O) groups excluding carboxylic acids is 1. The number of hydrogen-bond donors (Lipinski definition) is 2. The molecule has 0 aromatic heterocycles. The number of amides is 1. The molecule has 0 heterocycles. The molecule has 1 amide bonds. The Labute approximate surface area is 148 Å². The Balaban J connectivity index is 1.92. The first-order chi connectivity index (χ1) is 11.3. The predicted molar refractivity (Wildman–Crippen MR) is 90.4 cm³/mol. The Hall–Kier alpha value is -1.67. The van der Waals surface area contributed by atoms with E-state index in [0.29, 0.717) is 5.02 Å². The summed E-state index contributed by atoms with van der Waals surface area (Å²) in [6.45, 7) is -0.115. The summed E-state index contributed by atoms with van der Waals surface area (Å²) in [5.74, 6) is -1.47. The van der Waals surface area contributed by atoms with E-state index in [1.807, 2.05) is 0 Å². The third kappa shape index (κ3) is 4.67. The number of benzene rings is 2. The molecule has 2 rings (SSSR count). The van der Waals surface area contributed by atoms with E-state index in [1.54, 1.807) is 6.07 Å². The molecule has 0 spiro atoms. The van der Waals surface area contributed by atoms with Crippen molar-refractivity contribution >= 4 is 39.1 Å². The summed E-state index contributed by atoms with van der Waals surface area (Å²) in [7, 11) is -3.75. The highest BCUT2D eigenvalue weighted by molar-refractivity contribution is 7.89. The summed E-state index contributed by atoms with van der Waals surface area (Å²) < 4.78 is 40.0. The number of nitrogens with one attached hydrogen (secondary N) is 2.